The molecule has 0 aromatic rings. The number of likely N-dealkylation sites (N-methyl/N-ethyl adjacent to an activating group) is 1. The highest BCUT2D eigenvalue weighted by molar-refractivity contribution is 7.90. The lowest BCUT2D eigenvalue weighted by Crippen LogP contribution is -2.47. The minimum atomic E-state index is -3.68. The van der Waals surface area contributed by atoms with Gasteiger partial charge in [-0.2, -0.15) is 0 Å². The largest absolute Gasteiger partial charge is 0.480 e. The molecule has 88 valence electrons. The van der Waals surface area contributed by atoms with Crippen molar-refractivity contribution < 1.29 is 18.3 Å². The Balaban J connectivity index is 2.49. The second kappa shape index (κ2) is 4.91. The number of carbonyl (C=O) groups is 1. The molecule has 1 saturated heterocycles. The van der Waals surface area contributed by atoms with Crippen molar-refractivity contribution >= 4 is 16.0 Å². The van der Waals surface area contributed by atoms with E-state index in [9.17, 15) is 13.2 Å². The van der Waals surface area contributed by atoms with E-state index in [1.165, 1.54) is 0 Å². The van der Waals surface area contributed by atoms with E-state index in [4.69, 9.17) is 5.11 Å². The Morgan fingerprint density at radius 3 is 2.80 bits per heavy atom. The topological polar surface area (TPSA) is 86.7 Å². The zero-order chi connectivity index (χ0) is 11.5. The molecule has 15 heavy (non-hydrogen) atoms. The number of rotatable bonds is 4. The van der Waals surface area contributed by atoms with Gasteiger partial charge in [-0.05, 0) is 26.4 Å². The average Bonchev–Trinajstić information content (AvgIpc) is 1.99. The van der Waals surface area contributed by atoms with Crippen molar-refractivity contribution in [3.8, 4) is 0 Å². The second-order valence-corrected chi connectivity index (χ2v) is 5.63. The molecule has 1 aliphatic rings. The molecule has 0 radical (unpaired) electrons. The van der Waals surface area contributed by atoms with Crippen molar-refractivity contribution in [1.29, 1.82) is 0 Å². The van der Waals surface area contributed by atoms with Crippen LogP contribution in [-0.2, 0) is 14.8 Å². The third-order valence-electron chi connectivity index (χ3n) is 2.28. The van der Waals surface area contributed by atoms with Crippen molar-refractivity contribution in [3.63, 3.8) is 0 Å². The first kappa shape index (κ1) is 12.4. The number of piperidine rings is 1. The van der Waals surface area contributed by atoms with Gasteiger partial charge in [0.25, 0.3) is 0 Å². The molecule has 1 fully saturated rings. The van der Waals surface area contributed by atoms with Crippen LogP contribution in [-0.4, -0.2) is 56.3 Å². The Morgan fingerprint density at radius 2 is 2.27 bits per heavy atom. The molecule has 0 aromatic heterocycles. The van der Waals surface area contributed by atoms with Gasteiger partial charge in [0.15, 0.2) is 5.75 Å². The third-order valence-corrected chi connectivity index (χ3v) is 3.60. The zero-order valence-electron chi connectivity index (χ0n) is 8.64. The summed E-state index contributed by atoms with van der Waals surface area (Å²) in [4.78, 5) is 12.3. The minimum absolute atomic E-state index is 0.159. The number of likely N-dealkylation sites (tertiary alicyclic amines) is 1. The van der Waals surface area contributed by atoms with Crippen LogP contribution in [0.25, 0.3) is 0 Å². The molecule has 7 heteroatoms. The van der Waals surface area contributed by atoms with Crippen LogP contribution in [0.2, 0.25) is 0 Å². The fourth-order valence-corrected chi connectivity index (χ4v) is 2.83. The lowest BCUT2D eigenvalue weighted by Gasteiger charge is -2.29. The van der Waals surface area contributed by atoms with Gasteiger partial charge in [-0.25, -0.2) is 13.1 Å². The highest BCUT2D eigenvalue weighted by atomic mass is 32.2. The molecule has 1 atom stereocenters. The Hall–Kier alpha value is -0.660. The minimum Gasteiger partial charge on any atom is -0.480 e. The van der Waals surface area contributed by atoms with E-state index in [0.717, 1.165) is 19.4 Å². The number of nitrogens with one attached hydrogen (secondary N) is 1. The van der Waals surface area contributed by atoms with Crippen LogP contribution in [0.3, 0.4) is 0 Å². The summed E-state index contributed by atoms with van der Waals surface area (Å²) >= 11 is 0. The highest BCUT2D eigenvalue weighted by Gasteiger charge is 2.23. The predicted molar refractivity (Wildman–Crippen MR) is 55.1 cm³/mol. The van der Waals surface area contributed by atoms with Crippen LogP contribution in [0.15, 0.2) is 0 Å². The molecule has 0 spiro atoms. The first-order valence-corrected chi connectivity index (χ1v) is 6.44. The predicted octanol–water partition coefficient (Wildman–Crippen LogP) is -0.915. The van der Waals surface area contributed by atoms with Crippen LogP contribution >= 0.6 is 0 Å². The van der Waals surface area contributed by atoms with Crippen molar-refractivity contribution in [1.82, 2.24) is 9.62 Å². The summed E-state index contributed by atoms with van der Waals surface area (Å²) in [5.74, 6) is -2.18. The van der Waals surface area contributed by atoms with Crippen LogP contribution in [0.5, 0.6) is 0 Å². The van der Waals surface area contributed by atoms with Crippen molar-refractivity contribution in [3.05, 3.63) is 0 Å². The second-order valence-electron chi connectivity index (χ2n) is 3.87. The van der Waals surface area contributed by atoms with Crippen molar-refractivity contribution in [2.75, 3.05) is 25.9 Å². The lowest BCUT2D eigenvalue weighted by molar-refractivity contribution is -0.134. The zero-order valence-corrected chi connectivity index (χ0v) is 9.46. The standard InChI is InChI=1S/C8H16N2O4S/c1-10-4-2-3-7(5-10)9-15(13,14)6-8(11)12/h7,9H,2-6H2,1H3,(H,11,12). The van der Waals surface area contributed by atoms with Gasteiger partial charge in [0.05, 0.1) is 0 Å². The number of aliphatic carboxylic acids is 1. The lowest BCUT2D eigenvalue weighted by atomic mass is 10.1. The van der Waals surface area contributed by atoms with E-state index in [2.05, 4.69) is 4.72 Å². The van der Waals surface area contributed by atoms with Gasteiger partial charge in [-0.15, -0.1) is 0 Å². The maximum atomic E-state index is 11.3. The number of sulfonamides is 1. The van der Waals surface area contributed by atoms with Crippen molar-refractivity contribution in [2.24, 2.45) is 0 Å². The van der Waals surface area contributed by atoms with E-state index >= 15 is 0 Å². The maximum Gasteiger partial charge on any atom is 0.320 e. The van der Waals surface area contributed by atoms with E-state index < -0.39 is 21.7 Å². The summed E-state index contributed by atoms with van der Waals surface area (Å²) < 4.78 is 25.0. The number of hydrogen-bond acceptors (Lipinski definition) is 4. The SMILES string of the molecule is CN1CCCC(NS(=O)(=O)CC(=O)O)C1. The summed E-state index contributed by atoms with van der Waals surface area (Å²) in [5, 5.41) is 8.40. The van der Waals surface area contributed by atoms with Gasteiger partial charge in [0, 0.05) is 12.6 Å². The maximum absolute atomic E-state index is 11.3. The molecule has 0 aromatic carbocycles. The smallest absolute Gasteiger partial charge is 0.320 e. The monoisotopic (exact) mass is 236 g/mol. The summed E-state index contributed by atoms with van der Waals surface area (Å²) in [6.07, 6.45) is 1.69. The summed E-state index contributed by atoms with van der Waals surface area (Å²) in [5.41, 5.74) is 0. The number of carboxylic acid groups (broad SMARTS) is 1. The molecule has 0 aliphatic carbocycles. The van der Waals surface area contributed by atoms with Gasteiger partial charge in [0.2, 0.25) is 10.0 Å². The van der Waals surface area contributed by atoms with E-state index in [1.54, 1.807) is 0 Å². The number of nitrogens with zero attached hydrogens (tertiary/aromatic N) is 1. The molecule has 6 nitrogen and oxygen atoms in total. The fourth-order valence-electron chi connectivity index (χ4n) is 1.72. The summed E-state index contributed by atoms with van der Waals surface area (Å²) in [6, 6.07) is -0.159. The molecule has 0 bridgehead atoms. The molecule has 1 unspecified atom stereocenters. The Morgan fingerprint density at radius 1 is 1.60 bits per heavy atom. The van der Waals surface area contributed by atoms with Crippen LogP contribution in [0, 0.1) is 0 Å². The molecular weight excluding hydrogens is 220 g/mol. The molecule has 2 N–H and O–H groups in total. The Kier molecular flexibility index (Phi) is 4.06. The van der Waals surface area contributed by atoms with E-state index in [0.29, 0.717) is 6.54 Å². The Bertz CT molecular complexity index is 328. The van der Waals surface area contributed by atoms with Crippen LogP contribution in [0.4, 0.5) is 0 Å². The van der Waals surface area contributed by atoms with Crippen molar-refractivity contribution in [2.45, 2.75) is 18.9 Å². The first-order chi connectivity index (χ1) is 6.89. The van der Waals surface area contributed by atoms with E-state index in [1.807, 2.05) is 11.9 Å². The molecule has 0 saturated carbocycles. The Labute approximate surface area is 89.3 Å². The van der Waals surface area contributed by atoms with Gasteiger partial charge in [0.1, 0.15) is 0 Å². The highest BCUT2D eigenvalue weighted by Crippen LogP contribution is 2.08. The molecule has 1 aliphatic heterocycles. The van der Waals surface area contributed by atoms with Crippen LogP contribution < -0.4 is 4.72 Å². The van der Waals surface area contributed by atoms with Gasteiger partial charge in [-0.3, -0.25) is 4.79 Å². The third kappa shape index (κ3) is 4.59. The molecule has 1 rings (SSSR count). The fraction of sp³-hybridized carbons (Fsp3) is 0.875. The van der Waals surface area contributed by atoms with Gasteiger partial charge >= 0.3 is 5.97 Å². The summed E-state index contributed by atoms with van der Waals surface area (Å²) in [6.45, 7) is 1.59. The quantitative estimate of drug-likeness (QED) is 0.659. The van der Waals surface area contributed by atoms with E-state index in [-0.39, 0.29) is 6.04 Å². The summed E-state index contributed by atoms with van der Waals surface area (Å²) in [7, 11) is -1.77. The first-order valence-electron chi connectivity index (χ1n) is 4.79. The van der Waals surface area contributed by atoms with Gasteiger partial charge in [-0.1, -0.05) is 0 Å². The van der Waals surface area contributed by atoms with Gasteiger partial charge < -0.3 is 10.0 Å². The van der Waals surface area contributed by atoms with Crippen LogP contribution in [0.1, 0.15) is 12.8 Å². The average molecular weight is 236 g/mol. The molecule has 1 heterocycles. The normalized spacial score (nSPS) is 23.9. The number of carboxylic acids is 1. The molecule has 0 amide bonds. The number of hydrogen-bond donors (Lipinski definition) is 2. The molecular formula is C8H16N2O4S.